The molecule has 0 aliphatic heterocycles. The van der Waals surface area contributed by atoms with Crippen LogP contribution in [0, 0.1) is 0 Å². The molecule has 0 spiro atoms. The first kappa shape index (κ1) is 18.3. The van der Waals surface area contributed by atoms with Crippen LogP contribution in [0.2, 0.25) is 0 Å². The Hall–Kier alpha value is -0.660. The third kappa shape index (κ3) is 17.3. The van der Waals surface area contributed by atoms with Gasteiger partial charge < -0.3 is 5.32 Å². The Bertz CT molecular complexity index is 220. The first-order chi connectivity index (χ1) is 9.41. The second-order valence-corrected chi connectivity index (χ2v) is 5.03. The Morgan fingerprint density at radius 1 is 0.737 bits per heavy atom. The van der Waals surface area contributed by atoms with Gasteiger partial charge in [0.15, 0.2) is 0 Å². The zero-order valence-electron chi connectivity index (χ0n) is 13.1. The molecule has 0 bridgehead atoms. The maximum atomic E-state index is 4.09. The number of aliphatic imine (C=N–C) groups is 2. The molecule has 3 nitrogen and oxygen atoms in total. The van der Waals surface area contributed by atoms with Crippen LogP contribution < -0.4 is 5.32 Å². The van der Waals surface area contributed by atoms with E-state index in [1.165, 1.54) is 51.4 Å². The minimum atomic E-state index is 0.778. The average Bonchev–Trinajstić information content (AvgIpc) is 2.43. The van der Waals surface area contributed by atoms with Gasteiger partial charge in [-0.3, -0.25) is 0 Å². The standard InChI is InChI=1S/C16H33N3/c1-3-5-6-7-8-9-10-11-13-18-14-12-15-19-16-17-4-2/h18H,3-15H2,1-2H3. The van der Waals surface area contributed by atoms with Gasteiger partial charge >= 0.3 is 0 Å². The van der Waals surface area contributed by atoms with E-state index >= 15 is 0 Å². The summed E-state index contributed by atoms with van der Waals surface area (Å²) in [5.74, 6) is 0. The van der Waals surface area contributed by atoms with Crippen LogP contribution in [0.4, 0.5) is 0 Å². The summed E-state index contributed by atoms with van der Waals surface area (Å²) in [7, 11) is 0. The van der Waals surface area contributed by atoms with Crippen molar-refractivity contribution < 1.29 is 0 Å². The molecule has 0 atom stereocenters. The third-order valence-electron chi connectivity index (χ3n) is 3.13. The van der Waals surface area contributed by atoms with E-state index in [-0.39, 0.29) is 0 Å². The van der Waals surface area contributed by atoms with Crippen LogP contribution in [0.5, 0.6) is 0 Å². The molecular formula is C16H33N3. The van der Waals surface area contributed by atoms with Crippen molar-refractivity contribution in [3.63, 3.8) is 0 Å². The molecule has 0 radical (unpaired) electrons. The van der Waals surface area contributed by atoms with Gasteiger partial charge in [0.05, 0.1) is 12.6 Å². The summed E-state index contributed by atoms with van der Waals surface area (Å²) in [4.78, 5) is 8.02. The van der Waals surface area contributed by atoms with Crippen LogP contribution in [-0.4, -0.2) is 32.2 Å². The van der Waals surface area contributed by atoms with E-state index in [1.54, 1.807) is 0 Å². The van der Waals surface area contributed by atoms with Gasteiger partial charge in [-0.1, -0.05) is 51.9 Å². The minimum Gasteiger partial charge on any atom is -0.317 e. The second kappa shape index (κ2) is 17.3. The molecule has 0 rings (SSSR count). The van der Waals surface area contributed by atoms with Gasteiger partial charge in [0.25, 0.3) is 0 Å². The predicted molar refractivity (Wildman–Crippen MR) is 85.4 cm³/mol. The summed E-state index contributed by atoms with van der Waals surface area (Å²) >= 11 is 0. The van der Waals surface area contributed by atoms with Crippen LogP contribution in [0.1, 0.15) is 71.6 Å². The molecule has 19 heavy (non-hydrogen) atoms. The summed E-state index contributed by atoms with van der Waals surface area (Å²) in [5, 5.41) is 3.47. The van der Waals surface area contributed by atoms with Crippen molar-refractivity contribution in [3.8, 4) is 0 Å². The molecule has 0 unspecified atom stereocenters. The van der Waals surface area contributed by atoms with Crippen molar-refractivity contribution in [2.24, 2.45) is 9.98 Å². The highest BCUT2D eigenvalue weighted by Crippen LogP contribution is 2.07. The van der Waals surface area contributed by atoms with Gasteiger partial charge in [0.2, 0.25) is 0 Å². The molecule has 0 heterocycles. The molecule has 0 aromatic rings. The molecule has 0 aliphatic carbocycles. The lowest BCUT2D eigenvalue weighted by Crippen LogP contribution is -2.17. The van der Waals surface area contributed by atoms with Crippen LogP contribution in [0.3, 0.4) is 0 Å². The van der Waals surface area contributed by atoms with Gasteiger partial charge in [-0.2, -0.15) is 0 Å². The van der Waals surface area contributed by atoms with Crippen molar-refractivity contribution in [1.29, 1.82) is 0 Å². The van der Waals surface area contributed by atoms with Gasteiger partial charge in [-0.25, -0.2) is 9.98 Å². The van der Waals surface area contributed by atoms with Crippen LogP contribution in [0.15, 0.2) is 9.98 Å². The molecule has 0 fully saturated rings. The lowest BCUT2D eigenvalue weighted by molar-refractivity contribution is 0.552. The largest absolute Gasteiger partial charge is 0.317 e. The number of nitrogens with one attached hydrogen (secondary N) is 1. The van der Waals surface area contributed by atoms with Crippen LogP contribution >= 0.6 is 0 Å². The summed E-state index contributed by atoms with van der Waals surface area (Å²) in [6.45, 7) is 8.10. The molecule has 0 saturated carbocycles. The summed E-state index contributed by atoms with van der Waals surface area (Å²) in [6, 6.07) is 2.70. The van der Waals surface area contributed by atoms with E-state index in [0.717, 1.165) is 32.6 Å². The minimum absolute atomic E-state index is 0.778. The number of nitrogens with zero attached hydrogens (tertiary/aromatic N) is 2. The third-order valence-corrected chi connectivity index (χ3v) is 3.13. The van der Waals surface area contributed by atoms with Crippen LogP contribution in [-0.2, 0) is 0 Å². The van der Waals surface area contributed by atoms with Crippen molar-refractivity contribution >= 4 is 6.01 Å². The highest BCUT2D eigenvalue weighted by atomic mass is 14.9. The van der Waals surface area contributed by atoms with E-state index < -0.39 is 0 Å². The molecular weight excluding hydrogens is 234 g/mol. The molecule has 0 aliphatic rings. The molecule has 0 amide bonds. The van der Waals surface area contributed by atoms with E-state index in [4.69, 9.17) is 0 Å². The maximum Gasteiger partial charge on any atom is 0.0892 e. The second-order valence-electron chi connectivity index (χ2n) is 5.03. The van der Waals surface area contributed by atoms with Crippen molar-refractivity contribution in [2.75, 3.05) is 26.2 Å². The molecule has 0 saturated heterocycles. The lowest BCUT2D eigenvalue weighted by atomic mass is 10.1. The molecule has 112 valence electrons. The molecule has 0 aromatic carbocycles. The molecule has 3 heteroatoms. The fourth-order valence-corrected chi connectivity index (χ4v) is 1.96. The lowest BCUT2D eigenvalue weighted by Gasteiger charge is -2.03. The smallest absolute Gasteiger partial charge is 0.0892 e. The van der Waals surface area contributed by atoms with E-state index in [9.17, 15) is 0 Å². The Morgan fingerprint density at radius 2 is 1.37 bits per heavy atom. The highest BCUT2D eigenvalue weighted by molar-refractivity contribution is 5.40. The topological polar surface area (TPSA) is 36.8 Å². The van der Waals surface area contributed by atoms with Gasteiger partial charge in [-0.15, -0.1) is 0 Å². The first-order valence-corrected chi connectivity index (χ1v) is 8.20. The fourth-order valence-electron chi connectivity index (χ4n) is 1.96. The Morgan fingerprint density at radius 3 is 2.05 bits per heavy atom. The Kier molecular flexibility index (Phi) is 16.7. The number of rotatable bonds is 14. The van der Waals surface area contributed by atoms with Crippen molar-refractivity contribution in [2.45, 2.75) is 71.6 Å². The molecule has 0 aromatic heterocycles. The predicted octanol–water partition coefficient (Wildman–Crippen LogP) is 4.30. The van der Waals surface area contributed by atoms with Crippen LogP contribution in [0.25, 0.3) is 0 Å². The summed E-state index contributed by atoms with van der Waals surface area (Å²) in [5.41, 5.74) is 0. The summed E-state index contributed by atoms with van der Waals surface area (Å²) in [6.07, 6.45) is 12.2. The monoisotopic (exact) mass is 267 g/mol. The first-order valence-electron chi connectivity index (χ1n) is 8.20. The number of unbranched alkanes of at least 4 members (excludes halogenated alkanes) is 7. The van der Waals surface area contributed by atoms with Gasteiger partial charge in [0.1, 0.15) is 0 Å². The number of hydrogen-bond acceptors (Lipinski definition) is 3. The van der Waals surface area contributed by atoms with Gasteiger partial charge in [-0.05, 0) is 32.9 Å². The summed E-state index contributed by atoms with van der Waals surface area (Å²) < 4.78 is 0. The molecule has 1 N–H and O–H groups in total. The Labute approximate surface area is 120 Å². The normalized spacial score (nSPS) is 10.2. The zero-order chi connectivity index (χ0) is 14.0. The van der Waals surface area contributed by atoms with Crippen molar-refractivity contribution in [1.82, 2.24) is 5.32 Å². The van der Waals surface area contributed by atoms with E-state index in [2.05, 4.69) is 28.2 Å². The highest BCUT2D eigenvalue weighted by Gasteiger charge is 1.91. The Balaban J connectivity index is 3.01. The van der Waals surface area contributed by atoms with Gasteiger partial charge in [0, 0.05) is 6.54 Å². The SMILES string of the molecule is CCCCCCCCCCNCCCN=C=NCC. The van der Waals surface area contributed by atoms with E-state index in [1.807, 2.05) is 6.92 Å². The quantitative estimate of drug-likeness (QED) is 0.370. The number of hydrogen-bond donors (Lipinski definition) is 1. The zero-order valence-corrected chi connectivity index (χ0v) is 13.1. The maximum absolute atomic E-state index is 4.09. The van der Waals surface area contributed by atoms with Crippen molar-refractivity contribution in [3.05, 3.63) is 0 Å². The average molecular weight is 267 g/mol. The fraction of sp³-hybridized carbons (Fsp3) is 0.938. The van der Waals surface area contributed by atoms with E-state index in [0.29, 0.717) is 0 Å².